The monoisotopic (exact) mass is 957 g/mol. The zero-order valence-corrected chi connectivity index (χ0v) is 37.3. The molecule has 17 heteroatoms. The molecule has 0 unspecified atom stereocenters. The Bertz CT molecular complexity index is 4030. The van der Waals surface area contributed by atoms with Crippen molar-refractivity contribution in [2.45, 2.75) is 13.8 Å². The predicted molar refractivity (Wildman–Crippen MR) is 265 cm³/mol. The van der Waals surface area contributed by atoms with E-state index in [9.17, 15) is 44.1 Å². The van der Waals surface area contributed by atoms with E-state index in [-0.39, 0.29) is 62.8 Å². The molecular formula is C54H39NO16. The first kappa shape index (κ1) is 48.8. The number of para-hydroxylation sites is 1. The van der Waals surface area contributed by atoms with Crippen molar-refractivity contribution in [3.63, 3.8) is 0 Å². The molecule has 17 nitrogen and oxygen atoms in total. The first-order chi connectivity index (χ1) is 34.0. The molecule has 5 aromatic heterocycles. The van der Waals surface area contributed by atoms with Gasteiger partial charge in [-0.2, -0.15) is 0 Å². The zero-order chi connectivity index (χ0) is 50.8. The van der Waals surface area contributed by atoms with Gasteiger partial charge in [0.1, 0.15) is 51.0 Å². The lowest BCUT2D eigenvalue weighted by Gasteiger charge is -2.07. The molecule has 0 radical (unpaired) electrons. The minimum absolute atomic E-state index is 0.00907. The number of amides is 1. The number of phenolic OH excluding ortho intramolecular Hbond substituents is 5. The van der Waals surface area contributed by atoms with Gasteiger partial charge in [-0.05, 0) is 103 Å². The van der Waals surface area contributed by atoms with Crippen LogP contribution in [0.15, 0.2) is 210 Å². The Labute approximate surface area is 398 Å². The van der Waals surface area contributed by atoms with Gasteiger partial charge in [0.05, 0.1) is 5.56 Å². The van der Waals surface area contributed by atoms with Gasteiger partial charge in [0, 0.05) is 70.3 Å². The van der Waals surface area contributed by atoms with Crippen LogP contribution in [0.25, 0.3) is 66.0 Å². The second kappa shape index (κ2) is 21.6. The van der Waals surface area contributed by atoms with Gasteiger partial charge in [-0.3, -0.25) is 4.79 Å². The summed E-state index contributed by atoms with van der Waals surface area (Å²) in [6.07, 6.45) is 0. The van der Waals surface area contributed by atoms with Gasteiger partial charge in [-0.15, -0.1) is 0 Å². The molecule has 6 N–H and O–H groups in total. The van der Waals surface area contributed by atoms with Crippen molar-refractivity contribution in [3.8, 4) is 39.9 Å². The maximum absolute atomic E-state index is 12.1. The van der Waals surface area contributed by atoms with E-state index in [2.05, 4.69) is 5.32 Å². The highest BCUT2D eigenvalue weighted by atomic mass is 16.4. The average molecular weight is 958 g/mol. The van der Waals surface area contributed by atoms with Crippen molar-refractivity contribution < 1.29 is 52.4 Å². The molecule has 6 aromatic carbocycles. The van der Waals surface area contributed by atoms with Crippen LogP contribution in [-0.2, 0) is 4.79 Å². The second-order valence-electron chi connectivity index (χ2n) is 15.2. The summed E-state index contributed by atoms with van der Waals surface area (Å²) in [6, 6.07) is 43.2. The molecule has 0 fully saturated rings. The summed E-state index contributed by atoms with van der Waals surface area (Å²) < 4.78 is 24.7. The van der Waals surface area contributed by atoms with Crippen LogP contribution in [0.5, 0.6) is 28.7 Å². The second-order valence-corrected chi connectivity index (χ2v) is 15.2. The van der Waals surface area contributed by atoms with Crippen molar-refractivity contribution in [1.82, 2.24) is 0 Å². The summed E-state index contributed by atoms with van der Waals surface area (Å²) in [5.41, 5.74) is 1.89. The minimum Gasteiger partial charge on any atom is -0.508 e. The van der Waals surface area contributed by atoms with E-state index >= 15 is 0 Å². The van der Waals surface area contributed by atoms with Crippen LogP contribution in [0, 0.1) is 6.92 Å². The van der Waals surface area contributed by atoms with E-state index in [1.54, 1.807) is 66.7 Å². The molecule has 1 amide bonds. The fraction of sp³-hybridized carbons (Fsp3) is 0.0370. The standard InChI is InChI=1S/C16H12O3.C11H9NO4.3C9H6O3/c1-10-13-8-7-12(17)9-14(13)19-16(18)15(10)11-5-3-2-4-6-11;1-6(13)12-9-4-7-2-3-8(14)5-10(7)16-11(9)15;10-7-2-3-8-6(5-7)1-4-9(11)12-8;10-7-3-1-6-2-4-9(11)12-8(6)5-7;10-7-3-1-2-6-4-5-8(11)12-9(6)7/h2-9,17H,1H3;2-5,14H,1H3,(H,12,13);3*1-5,10H. The summed E-state index contributed by atoms with van der Waals surface area (Å²) in [5.74, 6) is 0.00858. The molecule has 0 aliphatic carbocycles. The van der Waals surface area contributed by atoms with Gasteiger partial charge in [0.2, 0.25) is 5.91 Å². The van der Waals surface area contributed by atoms with Crippen LogP contribution in [0.3, 0.4) is 0 Å². The van der Waals surface area contributed by atoms with Crippen molar-refractivity contribution in [1.29, 1.82) is 0 Å². The number of phenols is 5. The number of nitrogens with one attached hydrogen (secondary N) is 1. The fourth-order valence-corrected chi connectivity index (χ4v) is 6.85. The average Bonchev–Trinajstić information content (AvgIpc) is 3.33. The molecule has 5 heterocycles. The molecule has 0 bridgehead atoms. The number of aromatic hydroxyl groups is 5. The van der Waals surface area contributed by atoms with E-state index < -0.39 is 16.9 Å². The molecule has 11 rings (SSSR count). The van der Waals surface area contributed by atoms with Gasteiger partial charge in [0.15, 0.2) is 11.3 Å². The maximum Gasteiger partial charge on any atom is 0.360 e. The van der Waals surface area contributed by atoms with E-state index in [4.69, 9.17) is 32.3 Å². The number of fused-ring (bicyclic) bond motifs is 5. The number of anilines is 1. The number of benzene rings is 6. The molecule has 0 saturated heterocycles. The first-order valence-corrected chi connectivity index (χ1v) is 21.1. The number of hydrogen-bond acceptors (Lipinski definition) is 16. The lowest BCUT2D eigenvalue weighted by molar-refractivity contribution is -0.114. The van der Waals surface area contributed by atoms with Crippen molar-refractivity contribution in [2.24, 2.45) is 0 Å². The molecule has 356 valence electrons. The molecule has 71 heavy (non-hydrogen) atoms. The van der Waals surface area contributed by atoms with E-state index in [0.29, 0.717) is 27.7 Å². The minimum atomic E-state index is -0.645. The molecule has 0 spiro atoms. The third-order valence-electron chi connectivity index (χ3n) is 10.1. The molecule has 0 saturated carbocycles. The summed E-state index contributed by atoms with van der Waals surface area (Å²) in [5, 5.41) is 52.1. The van der Waals surface area contributed by atoms with Gasteiger partial charge < -0.3 is 52.9 Å². The van der Waals surface area contributed by atoms with Crippen LogP contribution in [0.4, 0.5) is 5.69 Å². The fourth-order valence-electron chi connectivity index (χ4n) is 6.85. The first-order valence-electron chi connectivity index (χ1n) is 21.1. The van der Waals surface area contributed by atoms with Gasteiger partial charge in [0.25, 0.3) is 0 Å². The normalized spacial score (nSPS) is 10.5. The van der Waals surface area contributed by atoms with Crippen molar-refractivity contribution in [2.75, 3.05) is 5.32 Å². The van der Waals surface area contributed by atoms with Gasteiger partial charge in [-0.1, -0.05) is 42.5 Å². The third-order valence-corrected chi connectivity index (χ3v) is 10.1. The highest BCUT2D eigenvalue weighted by Crippen LogP contribution is 2.29. The van der Waals surface area contributed by atoms with Crippen LogP contribution >= 0.6 is 0 Å². The Hall–Kier alpha value is -10.2. The summed E-state index contributed by atoms with van der Waals surface area (Å²) >= 11 is 0. The maximum atomic E-state index is 12.1. The third kappa shape index (κ3) is 12.4. The number of hydrogen-bond donors (Lipinski definition) is 6. The van der Waals surface area contributed by atoms with Crippen LogP contribution in [-0.4, -0.2) is 31.4 Å². The molecule has 0 aliphatic heterocycles. The van der Waals surface area contributed by atoms with Crippen molar-refractivity contribution in [3.05, 3.63) is 221 Å². The Morgan fingerprint density at radius 3 is 1.62 bits per heavy atom. The number of carbonyl (C=O) groups excluding carboxylic acids is 1. The molecular weight excluding hydrogens is 919 g/mol. The Morgan fingerprint density at radius 1 is 0.437 bits per heavy atom. The van der Waals surface area contributed by atoms with E-state index in [1.165, 1.54) is 73.7 Å². The van der Waals surface area contributed by atoms with Crippen LogP contribution in [0.1, 0.15) is 12.5 Å². The summed E-state index contributed by atoms with van der Waals surface area (Å²) in [4.78, 5) is 66.6. The highest BCUT2D eigenvalue weighted by Gasteiger charge is 2.13. The Balaban J connectivity index is 0.000000132. The number of aryl methyl sites for hydroxylation is 1. The van der Waals surface area contributed by atoms with Gasteiger partial charge in [-0.25, -0.2) is 24.0 Å². The number of carbonyl (C=O) groups is 1. The lowest BCUT2D eigenvalue weighted by Crippen LogP contribution is -2.14. The molecule has 11 aromatic rings. The predicted octanol–water partition coefficient (Wildman–Crippen LogP) is 9.43. The van der Waals surface area contributed by atoms with Crippen LogP contribution < -0.4 is 33.4 Å². The summed E-state index contributed by atoms with van der Waals surface area (Å²) in [7, 11) is 0. The smallest absolute Gasteiger partial charge is 0.360 e. The highest BCUT2D eigenvalue weighted by molar-refractivity contribution is 5.91. The van der Waals surface area contributed by atoms with Crippen LogP contribution in [0.2, 0.25) is 0 Å². The Kier molecular flexibility index (Phi) is 14.9. The molecule has 0 atom stereocenters. The Morgan fingerprint density at radius 2 is 0.944 bits per heavy atom. The quantitative estimate of drug-likeness (QED) is 0.0880. The summed E-state index contributed by atoms with van der Waals surface area (Å²) in [6.45, 7) is 3.19. The topological polar surface area (TPSA) is 281 Å². The molecule has 0 aliphatic rings. The van der Waals surface area contributed by atoms with Crippen molar-refractivity contribution >= 4 is 66.4 Å². The zero-order valence-electron chi connectivity index (χ0n) is 37.3. The SMILES string of the molecule is CC(=O)Nc1cc2ccc(O)cc2oc1=O.Cc1c(-c2ccccc2)c(=O)oc2cc(O)ccc12.O=c1ccc2cc(O)ccc2o1.O=c1ccc2ccc(O)cc2o1.O=c1ccc2cccc(O)c2o1. The number of rotatable bonds is 2. The van der Waals surface area contributed by atoms with Gasteiger partial charge >= 0.3 is 28.1 Å². The lowest BCUT2D eigenvalue weighted by atomic mass is 10.00. The largest absolute Gasteiger partial charge is 0.508 e. The van der Waals surface area contributed by atoms with E-state index in [0.717, 1.165) is 32.7 Å². The van der Waals surface area contributed by atoms with E-state index in [1.807, 2.05) is 37.3 Å².